The van der Waals surface area contributed by atoms with Crippen molar-refractivity contribution in [3.05, 3.63) is 22.4 Å². The SMILES string of the molecule is COC1CCCCC1NCc1cccs1. The molecule has 0 bridgehead atoms. The van der Waals surface area contributed by atoms with E-state index in [1.54, 1.807) is 0 Å². The summed E-state index contributed by atoms with van der Waals surface area (Å²) in [6, 6.07) is 4.84. The zero-order valence-electron chi connectivity index (χ0n) is 9.24. The van der Waals surface area contributed by atoms with Crippen LogP contribution in [0.2, 0.25) is 0 Å². The van der Waals surface area contributed by atoms with Gasteiger partial charge in [0.1, 0.15) is 0 Å². The van der Waals surface area contributed by atoms with E-state index in [9.17, 15) is 0 Å². The normalized spacial score (nSPS) is 26.7. The number of hydrogen-bond donors (Lipinski definition) is 1. The first-order chi connectivity index (χ1) is 7.40. The van der Waals surface area contributed by atoms with E-state index in [2.05, 4.69) is 22.8 Å². The fourth-order valence-electron chi connectivity index (χ4n) is 2.26. The largest absolute Gasteiger partial charge is 0.380 e. The lowest BCUT2D eigenvalue weighted by molar-refractivity contribution is 0.0414. The molecule has 1 aromatic heterocycles. The van der Waals surface area contributed by atoms with Crippen LogP contribution in [0.1, 0.15) is 30.6 Å². The summed E-state index contributed by atoms with van der Waals surface area (Å²) in [5.74, 6) is 0. The van der Waals surface area contributed by atoms with Crippen LogP contribution in [0.3, 0.4) is 0 Å². The monoisotopic (exact) mass is 225 g/mol. The Kier molecular flexibility index (Phi) is 4.18. The van der Waals surface area contributed by atoms with Gasteiger partial charge < -0.3 is 10.1 Å². The van der Waals surface area contributed by atoms with Gasteiger partial charge in [0.2, 0.25) is 0 Å². The van der Waals surface area contributed by atoms with Crippen LogP contribution in [0.5, 0.6) is 0 Å². The topological polar surface area (TPSA) is 21.3 Å². The van der Waals surface area contributed by atoms with Crippen molar-refractivity contribution in [2.75, 3.05) is 7.11 Å². The highest BCUT2D eigenvalue weighted by atomic mass is 32.1. The molecule has 2 nitrogen and oxygen atoms in total. The molecule has 0 amide bonds. The lowest BCUT2D eigenvalue weighted by Crippen LogP contribution is -2.42. The summed E-state index contributed by atoms with van der Waals surface area (Å²) in [5, 5.41) is 5.74. The van der Waals surface area contributed by atoms with Crippen molar-refractivity contribution >= 4 is 11.3 Å². The number of rotatable bonds is 4. The molecule has 2 rings (SSSR count). The van der Waals surface area contributed by atoms with Crippen molar-refractivity contribution in [1.82, 2.24) is 5.32 Å². The second-order valence-corrected chi connectivity index (χ2v) is 5.16. The lowest BCUT2D eigenvalue weighted by Gasteiger charge is -2.31. The number of hydrogen-bond acceptors (Lipinski definition) is 3. The van der Waals surface area contributed by atoms with Gasteiger partial charge in [-0.05, 0) is 24.3 Å². The van der Waals surface area contributed by atoms with Crippen molar-refractivity contribution < 1.29 is 4.74 Å². The predicted octanol–water partition coefficient (Wildman–Crippen LogP) is 2.80. The maximum absolute atomic E-state index is 5.51. The Balaban J connectivity index is 1.81. The quantitative estimate of drug-likeness (QED) is 0.851. The van der Waals surface area contributed by atoms with Gasteiger partial charge >= 0.3 is 0 Å². The van der Waals surface area contributed by atoms with Crippen molar-refractivity contribution in [2.24, 2.45) is 0 Å². The molecule has 1 aromatic rings. The summed E-state index contributed by atoms with van der Waals surface area (Å²) in [4.78, 5) is 1.41. The van der Waals surface area contributed by atoms with E-state index in [4.69, 9.17) is 4.74 Å². The second kappa shape index (κ2) is 5.64. The van der Waals surface area contributed by atoms with Crippen LogP contribution in [0.25, 0.3) is 0 Å². The van der Waals surface area contributed by atoms with Crippen LogP contribution in [0.15, 0.2) is 17.5 Å². The average molecular weight is 225 g/mol. The van der Waals surface area contributed by atoms with E-state index in [1.165, 1.54) is 30.6 Å². The highest BCUT2D eigenvalue weighted by Gasteiger charge is 2.24. The maximum atomic E-state index is 5.51. The van der Waals surface area contributed by atoms with E-state index < -0.39 is 0 Å². The van der Waals surface area contributed by atoms with Gasteiger partial charge in [-0.25, -0.2) is 0 Å². The summed E-state index contributed by atoms with van der Waals surface area (Å²) in [7, 11) is 1.83. The Morgan fingerprint density at radius 3 is 3.07 bits per heavy atom. The van der Waals surface area contributed by atoms with Crippen molar-refractivity contribution in [3.63, 3.8) is 0 Å². The van der Waals surface area contributed by atoms with Crippen LogP contribution < -0.4 is 5.32 Å². The Bertz CT molecular complexity index is 273. The number of ether oxygens (including phenoxy) is 1. The molecule has 2 atom stereocenters. The van der Waals surface area contributed by atoms with E-state index in [0.717, 1.165) is 6.54 Å². The van der Waals surface area contributed by atoms with Gasteiger partial charge in [-0.15, -0.1) is 11.3 Å². The standard InChI is InChI=1S/C12H19NOS/c1-14-12-7-3-2-6-11(12)13-9-10-5-4-8-15-10/h4-5,8,11-13H,2-3,6-7,9H2,1H3. The minimum absolute atomic E-state index is 0.415. The number of methoxy groups -OCH3 is 1. The van der Waals surface area contributed by atoms with E-state index >= 15 is 0 Å². The molecule has 1 aliphatic rings. The minimum atomic E-state index is 0.415. The molecule has 2 unspecified atom stereocenters. The van der Waals surface area contributed by atoms with Gasteiger partial charge in [0, 0.05) is 24.6 Å². The van der Waals surface area contributed by atoms with Gasteiger partial charge in [0.25, 0.3) is 0 Å². The summed E-state index contributed by atoms with van der Waals surface area (Å²) in [5.41, 5.74) is 0. The fourth-order valence-corrected chi connectivity index (χ4v) is 2.91. The van der Waals surface area contributed by atoms with E-state index in [1.807, 2.05) is 18.4 Å². The van der Waals surface area contributed by atoms with Gasteiger partial charge in [0.05, 0.1) is 6.10 Å². The van der Waals surface area contributed by atoms with E-state index in [-0.39, 0.29) is 0 Å². The van der Waals surface area contributed by atoms with E-state index in [0.29, 0.717) is 12.1 Å². The zero-order chi connectivity index (χ0) is 10.5. The molecular weight excluding hydrogens is 206 g/mol. The second-order valence-electron chi connectivity index (χ2n) is 4.13. The third-order valence-electron chi connectivity index (χ3n) is 3.12. The zero-order valence-corrected chi connectivity index (χ0v) is 10.1. The van der Waals surface area contributed by atoms with Crippen LogP contribution >= 0.6 is 11.3 Å². The first kappa shape index (κ1) is 11.1. The minimum Gasteiger partial charge on any atom is -0.380 e. The molecule has 15 heavy (non-hydrogen) atoms. The molecular formula is C12H19NOS. The van der Waals surface area contributed by atoms with Gasteiger partial charge in [-0.2, -0.15) is 0 Å². The number of nitrogens with one attached hydrogen (secondary N) is 1. The first-order valence-corrected chi connectivity index (χ1v) is 6.56. The summed E-state index contributed by atoms with van der Waals surface area (Å²) in [6.45, 7) is 0.988. The summed E-state index contributed by atoms with van der Waals surface area (Å²) >= 11 is 1.82. The molecule has 0 radical (unpaired) electrons. The van der Waals surface area contributed by atoms with Crippen LogP contribution in [0.4, 0.5) is 0 Å². The molecule has 1 fully saturated rings. The third kappa shape index (κ3) is 3.03. The smallest absolute Gasteiger partial charge is 0.0724 e. The van der Waals surface area contributed by atoms with Crippen molar-refractivity contribution in [2.45, 2.75) is 44.4 Å². The van der Waals surface area contributed by atoms with Crippen LogP contribution in [0, 0.1) is 0 Å². The van der Waals surface area contributed by atoms with Crippen molar-refractivity contribution in [3.8, 4) is 0 Å². The maximum Gasteiger partial charge on any atom is 0.0724 e. The molecule has 1 saturated carbocycles. The van der Waals surface area contributed by atoms with Gasteiger partial charge in [-0.3, -0.25) is 0 Å². The molecule has 0 aromatic carbocycles. The lowest BCUT2D eigenvalue weighted by atomic mass is 9.92. The summed E-state index contributed by atoms with van der Waals surface area (Å²) in [6.07, 6.45) is 5.53. The fraction of sp³-hybridized carbons (Fsp3) is 0.667. The summed E-state index contributed by atoms with van der Waals surface area (Å²) < 4.78 is 5.51. The van der Waals surface area contributed by atoms with Gasteiger partial charge in [0.15, 0.2) is 0 Å². The Morgan fingerprint density at radius 2 is 2.33 bits per heavy atom. The molecule has 3 heteroatoms. The molecule has 1 N–H and O–H groups in total. The Labute approximate surface area is 95.6 Å². The van der Waals surface area contributed by atoms with Crippen molar-refractivity contribution in [1.29, 1.82) is 0 Å². The molecule has 84 valence electrons. The molecule has 0 spiro atoms. The average Bonchev–Trinajstić information content (AvgIpc) is 2.79. The molecule has 0 saturated heterocycles. The number of thiophene rings is 1. The van der Waals surface area contributed by atoms with Gasteiger partial charge in [-0.1, -0.05) is 18.9 Å². The molecule has 0 aliphatic heterocycles. The molecule has 1 aliphatic carbocycles. The molecule has 1 heterocycles. The first-order valence-electron chi connectivity index (χ1n) is 5.68. The highest BCUT2D eigenvalue weighted by Crippen LogP contribution is 2.21. The Hall–Kier alpha value is -0.380. The highest BCUT2D eigenvalue weighted by molar-refractivity contribution is 7.09. The third-order valence-corrected chi connectivity index (χ3v) is 4.00. The predicted molar refractivity (Wildman–Crippen MR) is 64.2 cm³/mol. The van der Waals surface area contributed by atoms with Crippen LogP contribution in [-0.2, 0) is 11.3 Å². The van der Waals surface area contributed by atoms with Crippen LogP contribution in [-0.4, -0.2) is 19.3 Å². The Morgan fingerprint density at radius 1 is 1.47 bits per heavy atom.